The SMILES string of the molecule is Cc1cn(C)c2c(F)cc(C3CCCCN3)cc12. The summed E-state index contributed by atoms with van der Waals surface area (Å²) >= 11 is 0. The lowest BCUT2D eigenvalue weighted by Crippen LogP contribution is -2.26. The fraction of sp³-hybridized carbons (Fsp3) is 0.467. The number of hydrogen-bond acceptors (Lipinski definition) is 1. The van der Waals surface area contributed by atoms with Crippen LogP contribution in [0.5, 0.6) is 0 Å². The molecule has 3 rings (SSSR count). The standard InChI is InChI=1S/C15H19FN2/c1-10-9-18(2)15-12(10)7-11(8-13(15)16)14-5-3-4-6-17-14/h7-9,14,17H,3-6H2,1-2H3. The van der Waals surface area contributed by atoms with E-state index in [1.54, 1.807) is 6.07 Å². The van der Waals surface area contributed by atoms with E-state index in [2.05, 4.69) is 11.4 Å². The zero-order valence-electron chi connectivity index (χ0n) is 11.0. The van der Waals surface area contributed by atoms with Crippen LogP contribution >= 0.6 is 0 Å². The molecular weight excluding hydrogens is 227 g/mol. The number of rotatable bonds is 1. The predicted molar refractivity (Wildman–Crippen MR) is 72.2 cm³/mol. The summed E-state index contributed by atoms with van der Waals surface area (Å²) in [4.78, 5) is 0. The molecule has 1 fully saturated rings. The Morgan fingerprint density at radius 2 is 2.17 bits per heavy atom. The van der Waals surface area contributed by atoms with E-state index in [4.69, 9.17) is 0 Å². The van der Waals surface area contributed by atoms with Gasteiger partial charge in [0.1, 0.15) is 5.82 Å². The van der Waals surface area contributed by atoms with Crippen LogP contribution in [0.1, 0.15) is 36.4 Å². The number of halogens is 1. The van der Waals surface area contributed by atoms with Gasteiger partial charge in [-0.3, -0.25) is 0 Å². The van der Waals surface area contributed by atoms with Crippen LogP contribution in [-0.4, -0.2) is 11.1 Å². The maximum atomic E-state index is 14.2. The van der Waals surface area contributed by atoms with Crippen molar-refractivity contribution < 1.29 is 4.39 Å². The minimum Gasteiger partial charge on any atom is -0.348 e. The van der Waals surface area contributed by atoms with Gasteiger partial charge >= 0.3 is 0 Å². The Hall–Kier alpha value is -1.35. The first-order valence-electron chi connectivity index (χ1n) is 6.65. The van der Waals surface area contributed by atoms with Crippen molar-refractivity contribution in [1.82, 2.24) is 9.88 Å². The summed E-state index contributed by atoms with van der Waals surface area (Å²) < 4.78 is 16.1. The van der Waals surface area contributed by atoms with Crippen molar-refractivity contribution in [1.29, 1.82) is 0 Å². The van der Waals surface area contributed by atoms with E-state index in [9.17, 15) is 4.39 Å². The molecule has 1 saturated heterocycles. The molecule has 1 unspecified atom stereocenters. The second-order valence-corrected chi connectivity index (χ2v) is 5.32. The number of hydrogen-bond donors (Lipinski definition) is 1. The average Bonchev–Trinajstić information content (AvgIpc) is 2.66. The molecule has 0 bridgehead atoms. The largest absolute Gasteiger partial charge is 0.348 e. The highest BCUT2D eigenvalue weighted by Gasteiger charge is 2.18. The molecule has 1 aromatic heterocycles. The Morgan fingerprint density at radius 1 is 1.33 bits per heavy atom. The molecule has 0 aliphatic carbocycles. The van der Waals surface area contributed by atoms with Crippen LogP contribution < -0.4 is 5.32 Å². The maximum absolute atomic E-state index is 14.2. The minimum absolute atomic E-state index is 0.106. The van der Waals surface area contributed by atoms with Crippen molar-refractivity contribution in [2.24, 2.45) is 7.05 Å². The number of benzene rings is 1. The molecule has 1 atom stereocenters. The molecule has 0 spiro atoms. The van der Waals surface area contributed by atoms with E-state index in [0.29, 0.717) is 11.6 Å². The Bertz CT molecular complexity index is 580. The van der Waals surface area contributed by atoms with Gasteiger partial charge in [-0.05, 0) is 49.6 Å². The van der Waals surface area contributed by atoms with Crippen molar-refractivity contribution in [2.45, 2.75) is 32.2 Å². The smallest absolute Gasteiger partial charge is 0.147 e. The van der Waals surface area contributed by atoms with Gasteiger partial charge in [0, 0.05) is 24.7 Å². The third kappa shape index (κ3) is 1.83. The van der Waals surface area contributed by atoms with E-state index in [-0.39, 0.29) is 5.82 Å². The minimum atomic E-state index is -0.106. The van der Waals surface area contributed by atoms with Crippen LogP contribution in [0, 0.1) is 12.7 Å². The summed E-state index contributed by atoms with van der Waals surface area (Å²) in [6, 6.07) is 4.17. The van der Waals surface area contributed by atoms with Crippen LogP contribution in [0.3, 0.4) is 0 Å². The summed E-state index contributed by atoms with van der Waals surface area (Å²) in [6.07, 6.45) is 5.55. The Morgan fingerprint density at radius 3 is 2.89 bits per heavy atom. The molecule has 2 nitrogen and oxygen atoms in total. The summed E-state index contributed by atoms with van der Waals surface area (Å²) in [7, 11) is 1.90. The van der Waals surface area contributed by atoms with Gasteiger partial charge in [-0.1, -0.05) is 6.42 Å². The van der Waals surface area contributed by atoms with E-state index in [1.165, 1.54) is 12.8 Å². The molecule has 18 heavy (non-hydrogen) atoms. The number of aromatic nitrogens is 1. The van der Waals surface area contributed by atoms with Crippen LogP contribution in [0.2, 0.25) is 0 Å². The molecule has 1 aliphatic rings. The molecule has 1 aromatic carbocycles. The number of nitrogens with one attached hydrogen (secondary N) is 1. The second-order valence-electron chi connectivity index (χ2n) is 5.32. The fourth-order valence-electron chi connectivity index (χ4n) is 3.04. The Balaban J connectivity index is 2.11. The molecular formula is C15H19FN2. The third-order valence-corrected chi connectivity index (χ3v) is 3.96. The molecule has 2 aromatic rings. The van der Waals surface area contributed by atoms with Gasteiger partial charge in [-0.25, -0.2) is 4.39 Å². The number of aryl methyl sites for hydroxylation is 2. The zero-order chi connectivity index (χ0) is 12.7. The molecule has 0 amide bonds. The van der Waals surface area contributed by atoms with Crippen molar-refractivity contribution in [3.8, 4) is 0 Å². The predicted octanol–water partition coefficient (Wildman–Crippen LogP) is 3.44. The van der Waals surface area contributed by atoms with Gasteiger partial charge in [0.25, 0.3) is 0 Å². The van der Waals surface area contributed by atoms with E-state index in [0.717, 1.165) is 29.5 Å². The topological polar surface area (TPSA) is 17.0 Å². The van der Waals surface area contributed by atoms with Crippen molar-refractivity contribution in [2.75, 3.05) is 6.54 Å². The van der Waals surface area contributed by atoms with E-state index >= 15 is 0 Å². The lowest BCUT2D eigenvalue weighted by Gasteiger charge is -2.24. The van der Waals surface area contributed by atoms with Crippen LogP contribution in [0.15, 0.2) is 18.3 Å². The molecule has 2 heterocycles. The van der Waals surface area contributed by atoms with Gasteiger partial charge < -0.3 is 9.88 Å². The number of nitrogens with zero attached hydrogens (tertiary/aromatic N) is 1. The quantitative estimate of drug-likeness (QED) is 0.815. The maximum Gasteiger partial charge on any atom is 0.147 e. The highest BCUT2D eigenvalue weighted by molar-refractivity contribution is 5.85. The van der Waals surface area contributed by atoms with Crippen molar-refractivity contribution >= 4 is 10.9 Å². The third-order valence-electron chi connectivity index (χ3n) is 3.96. The first-order valence-corrected chi connectivity index (χ1v) is 6.65. The highest BCUT2D eigenvalue weighted by atomic mass is 19.1. The highest BCUT2D eigenvalue weighted by Crippen LogP contribution is 2.30. The lowest BCUT2D eigenvalue weighted by atomic mass is 9.96. The van der Waals surface area contributed by atoms with Crippen LogP contribution in [0.4, 0.5) is 4.39 Å². The van der Waals surface area contributed by atoms with E-state index < -0.39 is 0 Å². The van der Waals surface area contributed by atoms with Crippen LogP contribution in [-0.2, 0) is 7.05 Å². The summed E-state index contributed by atoms with van der Waals surface area (Å²) in [5, 5.41) is 4.52. The van der Waals surface area contributed by atoms with E-state index in [1.807, 2.05) is 24.7 Å². The van der Waals surface area contributed by atoms with Gasteiger partial charge in [0.05, 0.1) is 5.52 Å². The summed E-state index contributed by atoms with van der Waals surface area (Å²) in [5.74, 6) is -0.106. The summed E-state index contributed by atoms with van der Waals surface area (Å²) in [6.45, 7) is 3.08. The first-order chi connectivity index (χ1) is 8.66. The van der Waals surface area contributed by atoms with Gasteiger partial charge in [-0.15, -0.1) is 0 Å². The Kier molecular flexibility index (Phi) is 2.86. The van der Waals surface area contributed by atoms with Crippen molar-refractivity contribution in [3.05, 3.63) is 35.3 Å². The molecule has 0 saturated carbocycles. The molecule has 1 aliphatic heterocycles. The molecule has 3 heteroatoms. The first kappa shape index (κ1) is 11.7. The normalized spacial score (nSPS) is 20.5. The van der Waals surface area contributed by atoms with Crippen molar-refractivity contribution in [3.63, 3.8) is 0 Å². The molecule has 96 valence electrons. The molecule has 0 radical (unpaired) electrons. The molecule has 1 N–H and O–H groups in total. The Labute approximate surface area is 107 Å². The van der Waals surface area contributed by atoms with Gasteiger partial charge in [0.15, 0.2) is 0 Å². The monoisotopic (exact) mass is 246 g/mol. The average molecular weight is 246 g/mol. The number of piperidine rings is 1. The lowest BCUT2D eigenvalue weighted by molar-refractivity contribution is 0.411. The van der Waals surface area contributed by atoms with Gasteiger partial charge in [-0.2, -0.15) is 0 Å². The van der Waals surface area contributed by atoms with Crippen LogP contribution in [0.25, 0.3) is 10.9 Å². The van der Waals surface area contributed by atoms with Gasteiger partial charge in [0.2, 0.25) is 0 Å². The second kappa shape index (κ2) is 4.39. The summed E-state index contributed by atoms with van der Waals surface area (Å²) in [5.41, 5.74) is 2.95. The number of fused-ring (bicyclic) bond motifs is 1. The zero-order valence-corrected chi connectivity index (χ0v) is 11.0. The fourth-order valence-corrected chi connectivity index (χ4v) is 3.04.